The van der Waals surface area contributed by atoms with Gasteiger partial charge in [0.1, 0.15) is 5.75 Å². The molecule has 0 spiro atoms. The highest BCUT2D eigenvalue weighted by atomic mass is 79.9. The summed E-state index contributed by atoms with van der Waals surface area (Å²) in [6.45, 7) is 6.44. The maximum atomic E-state index is 8.51. The van der Waals surface area contributed by atoms with E-state index >= 15 is 0 Å². The number of rotatable bonds is 2. The van der Waals surface area contributed by atoms with Crippen LogP contribution in [0.1, 0.15) is 26.3 Å². The molecule has 2 nitrogen and oxygen atoms in total. The third kappa shape index (κ3) is 2.76. The molecular weight excluding hydrogens is 243 g/mol. The number of hydrogen-bond donors (Lipinski definition) is 1. The van der Waals surface area contributed by atoms with Gasteiger partial charge in [0.05, 0.1) is 4.47 Å². The Bertz CT molecular complexity index is 320. The van der Waals surface area contributed by atoms with Gasteiger partial charge < -0.3 is 9.68 Å². The topological polar surface area (TPSA) is 29.5 Å². The van der Waals surface area contributed by atoms with Crippen LogP contribution < -0.4 is 4.65 Å². The van der Waals surface area contributed by atoms with Crippen molar-refractivity contribution < 1.29 is 9.68 Å². The van der Waals surface area contributed by atoms with E-state index in [1.807, 2.05) is 18.2 Å². The van der Waals surface area contributed by atoms with E-state index in [0.29, 0.717) is 13.4 Å². The van der Waals surface area contributed by atoms with E-state index in [1.165, 1.54) is 5.56 Å². The fraction of sp³-hybridized carbons (Fsp3) is 0.400. The zero-order valence-corrected chi connectivity index (χ0v) is 10.1. The van der Waals surface area contributed by atoms with Crippen molar-refractivity contribution in [1.29, 1.82) is 0 Å². The minimum absolute atomic E-state index is 0.115. The molecule has 0 atom stereocenters. The minimum atomic E-state index is 0.115. The lowest BCUT2D eigenvalue weighted by Gasteiger charge is -2.20. The first-order chi connectivity index (χ1) is 6.45. The molecule has 1 aromatic carbocycles. The van der Waals surface area contributed by atoms with Crippen molar-refractivity contribution in [3.05, 3.63) is 28.2 Å². The summed E-state index contributed by atoms with van der Waals surface area (Å²) in [7, 11) is 0.677. The number of benzene rings is 1. The smallest absolute Gasteiger partial charge is 0.537 e. The zero-order chi connectivity index (χ0) is 10.8. The van der Waals surface area contributed by atoms with Gasteiger partial charge in [0.15, 0.2) is 0 Å². The second-order valence-electron chi connectivity index (χ2n) is 4.12. The van der Waals surface area contributed by atoms with Gasteiger partial charge in [-0.3, -0.25) is 0 Å². The quantitative estimate of drug-likeness (QED) is 0.824. The van der Waals surface area contributed by atoms with Gasteiger partial charge in [-0.2, -0.15) is 0 Å². The first kappa shape index (κ1) is 11.6. The second-order valence-corrected chi connectivity index (χ2v) is 4.97. The maximum Gasteiger partial charge on any atom is 0.569 e. The Labute approximate surface area is 93.7 Å². The summed E-state index contributed by atoms with van der Waals surface area (Å²) in [6.07, 6.45) is 0. The van der Waals surface area contributed by atoms with Gasteiger partial charge in [-0.05, 0) is 39.0 Å². The van der Waals surface area contributed by atoms with Gasteiger partial charge in [-0.15, -0.1) is 0 Å². The standard InChI is InChI=1S/C10H13BBrO2/c1-10(2,3)7-4-5-9(14-11-13)8(12)6-7/h4-6,13H,1-3H3. The maximum absolute atomic E-state index is 8.51. The highest BCUT2D eigenvalue weighted by Gasteiger charge is 2.15. The van der Waals surface area contributed by atoms with Crippen molar-refractivity contribution in [2.24, 2.45) is 0 Å². The van der Waals surface area contributed by atoms with Crippen LogP contribution in [0, 0.1) is 0 Å². The molecule has 0 aromatic heterocycles. The van der Waals surface area contributed by atoms with Crippen LogP contribution in [-0.4, -0.2) is 12.7 Å². The molecule has 0 amide bonds. The Kier molecular flexibility index (Phi) is 3.62. The number of hydrogen-bond acceptors (Lipinski definition) is 2. The molecule has 75 valence electrons. The molecule has 1 rings (SSSR count). The SMILES string of the molecule is CC(C)(C)c1ccc(O[B]O)c(Br)c1. The summed E-state index contributed by atoms with van der Waals surface area (Å²) in [6, 6.07) is 5.82. The zero-order valence-electron chi connectivity index (χ0n) is 8.54. The van der Waals surface area contributed by atoms with Crippen LogP contribution in [-0.2, 0) is 5.41 Å². The molecule has 0 unspecified atom stereocenters. The first-order valence-electron chi connectivity index (χ1n) is 4.38. The molecule has 1 aromatic rings. The Morgan fingerprint density at radius 3 is 2.43 bits per heavy atom. The third-order valence-electron chi connectivity index (χ3n) is 1.98. The van der Waals surface area contributed by atoms with E-state index in [2.05, 4.69) is 36.7 Å². The molecule has 0 heterocycles. The van der Waals surface area contributed by atoms with Crippen LogP contribution in [0.2, 0.25) is 0 Å². The molecule has 1 radical (unpaired) electrons. The Hall–Kier alpha value is -0.475. The van der Waals surface area contributed by atoms with E-state index in [4.69, 9.17) is 9.68 Å². The summed E-state index contributed by atoms with van der Waals surface area (Å²) in [5, 5.41) is 8.51. The average molecular weight is 256 g/mol. The lowest BCUT2D eigenvalue weighted by molar-refractivity contribution is 0.451. The van der Waals surface area contributed by atoms with Crippen LogP contribution in [0.5, 0.6) is 5.75 Å². The molecule has 0 saturated heterocycles. The van der Waals surface area contributed by atoms with E-state index in [1.54, 1.807) is 0 Å². The largest absolute Gasteiger partial charge is 0.569 e. The van der Waals surface area contributed by atoms with Crippen LogP contribution in [0.25, 0.3) is 0 Å². The molecule has 4 heteroatoms. The van der Waals surface area contributed by atoms with Crippen molar-refractivity contribution in [3.63, 3.8) is 0 Å². The predicted molar refractivity (Wildman–Crippen MR) is 61.4 cm³/mol. The van der Waals surface area contributed by atoms with Gasteiger partial charge in [0.25, 0.3) is 0 Å². The molecule has 0 saturated carbocycles. The van der Waals surface area contributed by atoms with E-state index in [0.717, 1.165) is 4.47 Å². The monoisotopic (exact) mass is 255 g/mol. The summed E-state index contributed by atoms with van der Waals surface area (Å²) >= 11 is 3.38. The van der Waals surface area contributed by atoms with E-state index in [9.17, 15) is 0 Å². The minimum Gasteiger partial charge on any atom is -0.537 e. The van der Waals surface area contributed by atoms with Crippen LogP contribution in [0.3, 0.4) is 0 Å². The van der Waals surface area contributed by atoms with Crippen molar-refractivity contribution in [3.8, 4) is 5.75 Å². The van der Waals surface area contributed by atoms with Crippen LogP contribution in [0.15, 0.2) is 22.7 Å². The average Bonchev–Trinajstić information content (AvgIpc) is 2.07. The lowest BCUT2D eigenvalue weighted by Crippen LogP contribution is -2.11. The predicted octanol–water partition coefficient (Wildman–Crippen LogP) is 2.65. The summed E-state index contributed by atoms with van der Waals surface area (Å²) in [5.41, 5.74) is 1.33. The third-order valence-corrected chi connectivity index (χ3v) is 2.60. The highest BCUT2D eigenvalue weighted by molar-refractivity contribution is 9.10. The molecule has 0 aliphatic rings. The number of halogens is 1. The fourth-order valence-electron chi connectivity index (χ4n) is 1.12. The van der Waals surface area contributed by atoms with E-state index in [-0.39, 0.29) is 5.41 Å². The first-order valence-corrected chi connectivity index (χ1v) is 5.17. The van der Waals surface area contributed by atoms with Gasteiger partial charge in [0, 0.05) is 0 Å². The van der Waals surface area contributed by atoms with Gasteiger partial charge >= 0.3 is 7.69 Å². The Balaban J connectivity index is 3.01. The van der Waals surface area contributed by atoms with Crippen molar-refractivity contribution in [2.45, 2.75) is 26.2 Å². The van der Waals surface area contributed by atoms with Gasteiger partial charge in [-0.25, -0.2) is 0 Å². The summed E-state index contributed by atoms with van der Waals surface area (Å²) < 4.78 is 5.73. The molecule has 0 aliphatic heterocycles. The normalized spacial score (nSPS) is 11.2. The molecule has 0 bridgehead atoms. The lowest BCUT2D eigenvalue weighted by atomic mass is 9.87. The molecule has 1 N–H and O–H groups in total. The fourth-order valence-corrected chi connectivity index (χ4v) is 1.59. The highest BCUT2D eigenvalue weighted by Crippen LogP contribution is 2.31. The molecule has 0 aliphatic carbocycles. The second kappa shape index (κ2) is 4.36. The Morgan fingerprint density at radius 2 is 2.00 bits per heavy atom. The van der Waals surface area contributed by atoms with Crippen LogP contribution in [0.4, 0.5) is 0 Å². The Morgan fingerprint density at radius 1 is 1.36 bits per heavy atom. The van der Waals surface area contributed by atoms with Crippen molar-refractivity contribution in [2.75, 3.05) is 0 Å². The summed E-state index contributed by atoms with van der Waals surface area (Å²) in [4.78, 5) is 0. The summed E-state index contributed by atoms with van der Waals surface area (Å²) in [5.74, 6) is 0.612. The molecule has 0 fully saturated rings. The van der Waals surface area contributed by atoms with E-state index < -0.39 is 0 Å². The molecule has 14 heavy (non-hydrogen) atoms. The molecular formula is C10H13BBrO2. The van der Waals surface area contributed by atoms with Gasteiger partial charge in [0.2, 0.25) is 0 Å². The van der Waals surface area contributed by atoms with Crippen LogP contribution >= 0.6 is 15.9 Å². The van der Waals surface area contributed by atoms with Crippen molar-refractivity contribution >= 4 is 23.6 Å². The van der Waals surface area contributed by atoms with Gasteiger partial charge in [-0.1, -0.05) is 26.8 Å². The van der Waals surface area contributed by atoms with Crippen molar-refractivity contribution in [1.82, 2.24) is 0 Å².